The SMILES string of the molecule is Clc1nc(I)nc2c1CCN2. The predicted octanol–water partition coefficient (Wildman–Crippen LogP) is 1.70. The summed E-state index contributed by atoms with van der Waals surface area (Å²) >= 11 is 7.93. The van der Waals surface area contributed by atoms with Gasteiger partial charge in [-0.15, -0.1) is 0 Å². The Balaban J connectivity index is 2.60. The molecule has 0 saturated heterocycles. The van der Waals surface area contributed by atoms with E-state index >= 15 is 0 Å². The number of hydrogen-bond acceptors (Lipinski definition) is 3. The molecule has 0 atom stereocenters. The highest BCUT2D eigenvalue weighted by Gasteiger charge is 2.16. The number of halogens is 2. The van der Waals surface area contributed by atoms with Gasteiger partial charge in [-0.25, -0.2) is 9.97 Å². The first-order chi connectivity index (χ1) is 5.27. The molecule has 0 fully saturated rings. The Morgan fingerprint density at radius 3 is 3.09 bits per heavy atom. The Morgan fingerprint density at radius 2 is 2.27 bits per heavy atom. The van der Waals surface area contributed by atoms with Crippen molar-refractivity contribution in [2.24, 2.45) is 0 Å². The lowest BCUT2D eigenvalue weighted by atomic mass is 10.3. The third kappa shape index (κ3) is 1.29. The largest absolute Gasteiger partial charge is 0.369 e. The van der Waals surface area contributed by atoms with Gasteiger partial charge < -0.3 is 5.32 Å². The molecule has 0 spiro atoms. The Morgan fingerprint density at radius 1 is 1.45 bits per heavy atom. The predicted molar refractivity (Wildman–Crippen MR) is 52.0 cm³/mol. The highest BCUT2D eigenvalue weighted by atomic mass is 127. The second kappa shape index (κ2) is 2.75. The Hall–Kier alpha value is -0.100. The van der Waals surface area contributed by atoms with E-state index in [1.165, 1.54) is 0 Å². The first kappa shape index (κ1) is 7.54. The van der Waals surface area contributed by atoms with Gasteiger partial charge in [0.05, 0.1) is 0 Å². The molecule has 5 heteroatoms. The number of fused-ring (bicyclic) bond motifs is 1. The monoisotopic (exact) mass is 281 g/mol. The van der Waals surface area contributed by atoms with Gasteiger partial charge in [-0.05, 0) is 6.42 Å². The van der Waals surface area contributed by atoms with Crippen molar-refractivity contribution in [3.8, 4) is 0 Å². The summed E-state index contributed by atoms with van der Waals surface area (Å²) in [4.78, 5) is 8.24. The maximum absolute atomic E-state index is 5.88. The van der Waals surface area contributed by atoms with Gasteiger partial charge in [-0.1, -0.05) is 11.6 Å². The summed E-state index contributed by atoms with van der Waals surface area (Å²) in [6.07, 6.45) is 0.936. The van der Waals surface area contributed by atoms with E-state index in [1.54, 1.807) is 0 Å². The van der Waals surface area contributed by atoms with Crippen molar-refractivity contribution in [1.29, 1.82) is 0 Å². The van der Waals surface area contributed by atoms with Gasteiger partial charge in [0, 0.05) is 34.7 Å². The van der Waals surface area contributed by atoms with E-state index in [0.717, 1.165) is 24.3 Å². The summed E-state index contributed by atoms with van der Waals surface area (Å²) in [5, 5.41) is 3.73. The van der Waals surface area contributed by atoms with E-state index in [9.17, 15) is 0 Å². The van der Waals surface area contributed by atoms with E-state index in [1.807, 2.05) is 0 Å². The van der Waals surface area contributed by atoms with Crippen LogP contribution in [-0.2, 0) is 6.42 Å². The van der Waals surface area contributed by atoms with E-state index in [2.05, 4.69) is 37.9 Å². The van der Waals surface area contributed by atoms with Crippen molar-refractivity contribution in [1.82, 2.24) is 9.97 Å². The van der Waals surface area contributed by atoms with Crippen molar-refractivity contribution in [2.75, 3.05) is 11.9 Å². The molecule has 0 aromatic carbocycles. The lowest BCUT2D eigenvalue weighted by Gasteiger charge is -1.99. The maximum Gasteiger partial charge on any atom is 0.194 e. The fourth-order valence-electron chi connectivity index (χ4n) is 1.10. The first-order valence-corrected chi connectivity index (χ1v) is 4.69. The molecule has 2 rings (SSSR count). The minimum atomic E-state index is 0.587. The number of rotatable bonds is 0. The van der Waals surface area contributed by atoms with E-state index in [-0.39, 0.29) is 0 Å². The standard InChI is InChI=1S/C6H5ClIN3/c7-4-3-1-2-9-5(3)11-6(8)10-4/h1-2H2,(H,9,10,11). The second-order valence-electron chi connectivity index (χ2n) is 2.29. The van der Waals surface area contributed by atoms with Crippen LogP contribution >= 0.6 is 34.2 Å². The highest BCUT2D eigenvalue weighted by Crippen LogP contribution is 2.25. The van der Waals surface area contributed by atoms with Crippen LogP contribution in [0, 0.1) is 3.83 Å². The molecule has 3 nitrogen and oxygen atoms in total. The fourth-order valence-corrected chi connectivity index (χ4v) is 1.99. The van der Waals surface area contributed by atoms with Gasteiger partial charge in [0.15, 0.2) is 3.83 Å². The van der Waals surface area contributed by atoms with Crippen molar-refractivity contribution in [3.05, 3.63) is 14.5 Å². The van der Waals surface area contributed by atoms with Crippen LogP contribution in [0.5, 0.6) is 0 Å². The highest BCUT2D eigenvalue weighted by molar-refractivity contribution is 14.1. The minimum absolute atomic E-state index is 0.587. The average Bonchev–Trinajstić information content (AvgIpc) is 2.34. The smallest absolute Gasteiger partial charge is 0.194 e. The maximum atomic E-state index is 5.88. The van der Waals surface area contributed by atoms with Crippen molar-refractivity contribution in [2.45, 2.75) is 6.42 Å². The second-order valence-corrected chi connectivity index (χ2v) is 3.61. The van der Waals surface area contributed by atoms with Gasteiger partial charge >= 0.3 is 0 Å². The van der Waals surface area contributed by atoms with Gasteiger partial charge in [0.1, 0.15) is 11.0 Å². The molecule has 1 aliphatic rings. The van der Waals surface area contributed by atoms with Gasteiger partial charge in [0.2, 0.25) is 0 Å². The number of nitrogens with zero attached hydrogens (tertiary/aromatic N) is 2. The number of aromatic nitrogens is 2. The van der Waals surface area contributed by atoms with Crippen molar-refractivity contribution in [3.63, 3.8) is 0 Å². The zero-order valence-corrected chi connectivity index (χ0v) is 8.48. The fraction of sp³-hybridized carbons (Fsp3) is 0.333. The number of nitrogens with one attached hydrogen (secondary N) is 1. The molecule has 1 aromatic rings. The van der Waals surface area contributed by atoms with E-state index < -0.39 is 0 Å². The lowest BCUT2D eigenvalue weighted by molar-refractivity contribution is 1.07. The van der Waals surface area contributed by atoms with E-state index in [4.69, 9.17) is 11.6 Å². The molecule has 11 heavy (non-hydrogen) atoms. The summed E-state index contributed by atoms with van der Waals surface area (Å²) in [5.41, 5.74) is 1.05. The van der Waals surface area contributed by atoms with Gasteiger partial charge in [-0.3, -0.25) is 0 Å². The lowest BCUT2D eigenvalue weighted by Crippen LogP contribution is -1.95. The zero-order chi connectivity index (χ0) is 7.84. The normalized spacial score (nSPS) is 14.4. The molecule has 58 valence electrons. The summed E-state index contributed by atoms with van der Waals surface area (Å²) in [6.45, 7) is 0.920. The third-order valence-electron chi connectivity index (χ3n) is 1.60. The van der Waals surface area contributed by atoms with Crippen LogP contribution in [0.2, 0.25) is 5.15 Å². The van der Waals surface area contributed by atoms with Crippen molar-refractivity contribution >= 4 is 40.0 Å². The average molecular weight is 281 g/mol. The van der Waals surface area contributed by atoms with Crippen LogP contribution in [0.25, 0.3) is 0 Å². The molecule has 0 aliphatic carbocycles. The number of anilines is 1. The third-order valence-corrected chi connectivity index (χ3v) is 2.39. The van der Waals surface area contributed by atoms with E-state index in [0.29, 0.717) is 8.98 Å². The molecule has 2 heterocycles. The summed E-state index contributed by atoms with van der Waals surface area (Å²) in [5.74, 6) is 0.898. The molecule has 0 unspecified atom stereocenters. The first-order valence-electron chi connectivity index (χ1n) is 3.23. The van der Waals surface area contributed by atoms with Crippen LogP contribution < -0.4 is 5.32 Å². The molecular formula is C6H5ClIN3. The van der Waals surface area contributed by atoms with Crippen molar-refractivity contribution < 1.29 is 0 Å². The van der Waals surface area contributed by atoms with Crippen LogP contribution in [0.4, 0.5) is 5.82 Å². The molecule has 1 N–H and O–H groups in total. The topological polar surface area (TPSA) is 37.8 Å². The molecule has 0 saturated carbocycles. The van der Waals surface area contributed by atoms with Crippen LogP contribution in [0.15, 0.2) is 0 Å². The molecule has 1 aromatic heterocycles. The van der Waals surface area contributed by atoms with Crippen LogP contribution in [0.3, 0.4) is 0 Å². The molecule has 0 amide bonds. The quantitative estimate of drug-likeness (QED) is 0.447. The van der Waals surface area contributed by atoms with Crippen LogP contribution in [0.1, 0.15) is 5.56 Å². The zero-order valence-electron chi connectivity index (χ0n) is 5.56. The summed E-state index contributed by atoms with van der Waals surface area (Å²) in [7, 11) is 0. The minimum Gasteiger partial charge on any atom is -0.369 e. The Bertz CT molecular complexity index is 302. The summed E-state index contributed by atoms with van der Waals surface area (Å²) in [6, 6.07) is 0. The number of hydrogen-bond donors (Lipinski definition) is 1. The molecule has 0 radical (unpaired) electrons. The van der Waals surface area contributed by atoms with Crippen LogP contribution in [-0.4, -0.2) is 16.5 Å². The molecule has 1 aliphatic heterocycles. The van der Waals surface area contributed by atoms with Gasteiger partial charge in [0.25, 0.3) is 0 Å². The summed E-state index contributed by atoms with van der Waals surface area (Å²) < 4.78 is 0.695. The Kier molecular flexibility index (Phi) is 1.88. The molecule has 0 bridgehead atoms. The Labute approximate surface area is 82.7 Å². The van der Waals surface area contributed by atoms with Gasteiger partial charge in [-0.2, -0.15) is 0 Å². The molecular weight excluding hydrogens is 276 g/mol.